The molecule has 15 heavy (non-hydrogen) atoms. The van der Waals surface area contributed by atoms with Gasteiger partial charge in [0.05, 0.1) is 0 Å². The highest BCUT2D eigenvalue weighted by Gasteiger charge is 2.19. The van der Waals surface area contributed by atoms with Crippen molar-refractivity contribution in [2.75, 3.05) is 12.8 Å². The lowest BCUT2D eigenvalue weighted by atomic mass is 10.3. The van der Waals surface area contributed by atoms with E-state index in [1.807, 2.05) is 0 Å². The van der Waals surface area contributed by atoms with Crippen LogP contribution in [-0.4, -0.2) is 29.0 Å². The molecule has 1 saturated carbocycles. The SMILES string of the molecule is CSCc1nnc(CCCNC2CC2)s1. The predicted molar refractivity (Wildman–Crippen MR) is 66.5 cm³/mol. The van der Waals surface area contributed by atoms with Crippen LogP contribution in [0.2, 0.25) is 0 Å². The van der Waals surface area contributed by atoms with Gasteiger partial charge in [-0.05, 0) is 32.1 Å². The third-order valence-corrected chi connectivity index (χ3v) is 4.08. The molecule has 0 radical (unpaired) electrons. The van der Waals surface area contributed by atoms with E-state index in [-0.39, 0.29) is 0 Å². The molecule has 0 saturated heterocycles. The van der Waals surface area contributed by atoms with Gasteiger partial charge in [0.25, 0.3) is 0 Å². The van der Waals surface area contributed by atoms with Crippen molar-refractivity contribution >= 4 is 23.1 Å². The minimum atomic E-state index is 0.825. The van der Waals surface area contributed by atoms with Crippen molar-refractivity contribution in [1.29, 1.82) is 0 Å². The molecule has 0 aromatic carbocycles. The van der Waals surface area contributed by atoms with E-state index in [2.05, 4.69) is 21.8 Å². The summed E-state index contributed by atoms with van der Waals surface area (Å²) >= 11 is 3.57. The van der Waals surface area contributed by atoms with Crippen molar-refractivity contribution in [2.45, 2.75) is 37.5 Å². The van der Waals surface area contributed by atoms with Crippen molar-refractivity contribution in [3.63, 3.8) is 0 Å². The molecule has 1 aliphatic carbocycles. The Hall–Kier alpha value is -0.130. The summed E-state index contributed by atoms with van der Waals surface area (Å²) < 4.78 is 0. The molecule has 1 heterocycles. The number of nitrogens with one attached hydrogen (secondary N) is 1. The zero-order valence-electron chi connectivity index (χ0n) is 9.03. The molecule has 1 fully saturated rings. The topological polar surface area (TPSA) is 37.8 Å². The van der Waals surface area contributed by atoms with Gasteiger partial charge in [-0.25, -0.2) is 0 Å². The van der Waals surface area contributed by atoms with Crippen molar-refractivity contribution in [1.82, 2.24) is 15.5 Å². The lowest BCUT2D eigenvalue weighted by Gasteiger charge is -1.99. The van der Waals surface area contributed by atoms with E-state index < -0.39 is 0 Å². The van der Waals surface area contributed by atoms with Crippen molar-refractivity contribution < 1.29 is 0 Å². The molecule has 1 aliphatic rings. The zero-order chi connectivity index (χ0) is 10.5. The number of hydrogen-bond donors (Lipinski definition) is 1. The summed E-state index contributed by atoms with van der Waals surface area (Å²) in [5, 5.41) is 14.2. The van der Waals surface area contributed by atoms with Crippen LogP contribution >= 0.6 is 23.1 Å². The molecule has 1 N–H and O–H groups in total. The molecular weight excluding hydrogens is 226 g/mol. The van der Waals surface area contributed by atoms with Crippen molar-refractivity contribution in [2.24, 2.45) is 0 Å². The fraction of sp³-hybridized carbons (Fsp3) is 0.800. The van der Waals surface area contributed by atoms with Crippen LogP contribution in [0, 0.1) is 0 Å². The van der Waals surface area contributed by atoms with Gasteiger partial charge in [0.2, 0.25) is 0 Å². The quantitative estimate of drug-likeness (QED) is 0.744. The second kappa shape index (κ2) is 5.82. The average Bonchev–Trinajstić information content (AvgIpc) is 2.95. The van der Waals surface area contributed by atoms with Gasteiger partial charge in [-0.3, -0.25) is 0 Å². The maximum absolute atomic E-state index is 4.19. The first kappa shape index (κ1) is 11.4. The van der Waals surface area contributed by atoms with Crippen LogP contribution in [0.3, 0.4) is 0 Å². The van der Waals surface area contributed by atoms with E-state index >= 15 is 0 Å². The molecule has 2 rings (SSSR count). The Balaban J connectivity index is 1.63. The Kier molecular flexibility index (Phi) is 4.41. The van der Waals surface area contributed by atoms with E-state index in [9.17, 15) is 0 Å². The van der Waals surface area contributed by atoms with Gasteiger partial charge in [-0.1, -0.05) is 0 Å². The van der Waals surface area contributed by atoms with Crippen molar-refractivity contribution in [3.8, 4) is 0 Å². The highest BCUT2D eigenvalue weighted by Crippen LogP contribution is 2.19. The first-order valence-electron chi connectivity index (χ1n) is 5.42. The van der Waals surface area contributed by atoms with Crippen LogP contribution in [-0.2, 0) is 12.2 Å². The molecule has 0 spiro atoms. The predicted octanol–water partition coefficient (Wildman–Crippen LogP) is 2.09. The summed E-state index contributed by atoms with van der Waals surface area (Å²) in [6.07, 6.45) is 7.10. The minimum absolute atomic E-state index is 0.825. The van der Waals surface area contributed by atoms with E-state index in [0.29, 0.717) is 0 Å². The van der Waals surface area contributed by atoms with E-state index in [4.69, 9.17) is 0 Å². The van der Waals surface area contributed by atoms with E-state index in [1.165, 1.54) is 24.3 Å². The monoisotopic (exact) mass is 243 g/mol. The van der Waals surface area contributed by atoms with Crippen LogP contribution in [0.4, 0.5) is 0 Å². The molecule has 0 unspecified atom stereocenters. The second-order valence-electron chi connectivity index (χ2n) is 3.85. The molecular formula is C10H17N3S2. The highest BCUT2D eigenvalue weighted by atomic mass is 32.2. The van der Waals surface area contributed by atoms with Gasteiger partial charge in [-0.15, -0.1) is 21.5 Å². The van der Waals surface area contributed by atoms with Crippen LogP contribution < -0.4 is 5.32 Å². The van der Waals surface area contributed by atoms with Crippen LogP contribution in [0.5, 0.6) is 0 Å². The maximum atomic E-state index is 4.19. The summed E-state index contributed by atoms with van der Waals surface area (Å²) in [6.45, 7) is 1.13. The number of aryl methyl sites for hydroxylation is 1. The molecule has 0 aliphatic heterocycles. The Morgan fingerprint density at radius 2 is 2.20 bits per heavy atom. The first-order chi connectivity index (χ1) is 7.38. The van der Waals surface area contributed by atoms with Gasteiger partial charge in [0.1, 0.15) is 10.0 Å². The summed E-state index contributed by atoms with van der Waals surface area (Å²) in [5.74, 6) is 0.998. The Morgan fingerprint density at radius 1 is 1.40 bits per heavy atom. The molecule has 3 nitrogen and oxygen atoms in total. The molecule has 0 bridgehead atoms. The summed E-state index contributed by atoms with van der Waals surface area (Å²) in [4.78, 5) is 0. The average molecular weight is 243 g/mol. The van der Waals surface area contributed by atoms with Crippen LogP contribution in [0.15, 0.2) is 0 Å². The van der Waals surface area contributed by atoms with Gasteiger partial charge in [0, 0.05) is 18.2 Å². The lowest BCUT2D eigenvalue weighted by Crippen LogP contribution is -2.17. The number of nitrogens with zero attached hydrogens (tertiary/aromatic N) is 2. The summed E-state index contributed by atoms with van der Waals surface area (Å²) in [5.41, 5.74) is 0. The Morgan fingerprint density at radius 3 is 2.93 bits per heavy atom. The van der Waals surface area contributed by atoms with E-state index in [0.717, 1.165) is 29.8 Å². The summed E-state index contributed by atoms with van der Waals surface area (Å²) in [6, 6.07) is 0.825. The maximum Gasteiger partial charge on any atom is 0.127 e. The van der Waals surface area contributed by atoms with Crippen LogP contribution in [0.1, 0.15) is 29.3 Å². The first-order valence-corrected chi connectivity index (χ1v) is 7.63. The van der Waals surface area contributed by atoms with Gasteiger partial charge < -0.3 is 5.32 Å². The minimum Gasteiger partial charge on any atom is -0.314 e. The molecule has 5 heteroatoms. The third kappa shape index (κ3) is 4.09. The molecule has 0 atom stereocenters. The normalized spacial score (nSPS) is 15.8. The number of thioether (sulfide) groups is 1. The van der Waals surface area contributed by atoms with Gasteiger partial charge in [-0.2, -0.15) is 11.8 Å². The Labute approximate surface area is 99.1 Å². The molecule has 1 aromatic heterocycles. The molecule has 0 amide bonds. The fourth-order valence-electron chi connectivity index (χ4n) is 1.40. The van der Waals surface area contributed by atoms with Crippen LogP contribution in [0.25, 0.3) is 0 Å². The standard InChI is InChI=1S/C10H17N3S2/c1-14-7-10-13-12-9(15-10)3-2-6-11-8-4-5-8/h8,11H,2-7H2,1H3. The van der Waals surface area contributed by atoms with Gasteiger partial charge in [0.15, 0.2) is 0 Å². The lowest BCUT2D eigenvalue weighted by molar-refractivity contribution is 0.643. The number of hydrogen-bond acceptors (Lipinski definition) is 5. The Bertz CT molecular complexity index is 297. The number of rotatable bonds is 7. The van der Waals surface area contributed by atoms with Crippen molar-refractivity contribution in [3.05, 3.63) is 10.0 Å². The molecule has 1 aromatic rings. The molecule has 84 valence electrons. The highest BCUT2D eigenvalue weighted by molar-refractivity contribution is 7.97. The van der Waals surface area contributed by atoms with E-state index in [1.54, 1.807) is 23.1 Å². The largest absolute Gasteiger partial charge is 0.314 e. The van der Waals surface area contributed by atoms with Gasteiger partial charge >= 0.3 is 0 Å². The number of aromatic nitrogens is 2. The zero-order valence-corrected chi connectivity index (χ0v) is 10.7. The fourth-order valence-corrected chi connectivity index (χ4v) is 2.98. The smallest absolute Gasteiger partial charge is 0.127 e. The third-order valence-electron chi connectivity index (χ3n) is 2.35. The second-order valence-corrected chi connectivity index (χ2v) is 5.87. The summed E-state index contributed by atoms with van der Waals surface area (Å²) in [7, 11) is 0.